The van der Waals surface area contributed by atoms with Crippen molar-refractivity contribution in [1.29, 1.82) is 0 Å². The van der Waals surface area contributed by atoms with Crippen LogP contribution in [0.3, 0.4) is 0 Å². The minimum Gasteiger partial charge on any atom is -0.456 e. The third-order valence-corrected chi connectivity index (χ3v) is 5.14. The van der Waals surface area contributed by atoms with Crippen LogP contribution in [0.1, 0.15) is 5.69 Å². The Kier molecular flexibility index (Phi) is 7.19. The van der Waals surface area contributed by atoms with Crippen molar-refractivity contribution in [2.75, 3.05) is 37.9 Å². The number of fused-ring (bicyclic) bond motifs is 1. The molecule has 4 rings (SSSR count). The highest BCUT2D eigenvalue weighted by Gasteiger charge is 2.12. The Bertz CT molecular complexity index is 1390. The molecule has 35 heavy (non-hydrogen) atoms. The largest absolute Gasteiger partial charge is 0.456 e. The molecule has 0 saturated carbocycles. The van der Waals surface area contributed by atoms with Crippen LogP contribution in [-0.4, -0.2) is 53.4 Å². The van der Waals surface area contributed by atoms with Gasteiger partial charge in [-0.1, -0.05) is 5.92 Å². The second-order valence-corrected chi connectivity index (χ2v) is 8.21. The van der Waals surface area contributed by atoms with Gasteiger partial charge in [0.2, 0.25) is 0 Å². The second kappa shape index (κ2) is 10.6. The van der Waals surface area contributed by atoms with Gasteiger partial charge in [0, 0.05) is 29.5 Å². The average Bonchev–Trinajstić information content (AvgIpc) is 2.86. The van der Waals surface area contributed by atoms with E-state index in [1.54, 1.807) is 13.2 Å². The molecule has 8 nitrogen and oxygen atoms in total. The standard InChI is InChI=1S/C27H26N6O2/c1-19-7-11-23(17-28-19)35-22-12-8-20(9-13-22)31-27-24-16-21(10-14-25(24)29-18-30-27)33(4)26(34)6-5-15-32(2)3/h7-14,16-18H,15H2,1-4H3,(H,29,30,31). The maximum atomic E-state index is 12.5. The number of hydrogen-bond donors (Lipinski definition) is 1. The number of aromatic nitrogens is 3. The number of amides is 1. The van der Waals surface area contributed by atoms with Gasteiger partial charge >= 0.3 is 5.91 Å². The molecule has 0 unspecified atom stereocenters. The van der Waals surface area contributed by atoms with Crippen LogP contribution in [0.2, 0.25) is 0 Å². The summed E-state index contributed by atoms with van der Waals surface area (Å²) in [5.74, 6) is 7.27. The second-order valence-electron chi connectivity index (χ2n) is 8.21. The van der Waals surface area contributed by atoms with Gasteiger partial charge in [-0.3, -0.25) is 14.7 Å². The predicted molar refractivity (Wildman–Crippen MR) is 138 cm³/mol. The van der Waals surface area contributed by atoms with Gasteiger partial charge in [0.15, 0.2) is 0 Å². The third-order valence-electron chi connectivity index (χ3n) is 5.14. The van der Waals surface area contributed by atoms with Crippen molar-refractivity contribution in [3.05, 3.63) is 72.8 Å². The highest BCUT2D eigenvalue weighted by atomic mass is 16.5. The lowest BCUT2D eigenvalue weighted by molar-refractivity contribution is -0.113. The summed E-state index contributed by atoms with van der Waals surface area (Å²) >= 11 is 0. The number of carbonyl (C=O) groups excluding carboxylic acids is 1. The molecule has 4 aromatic rings. The monoisotopic (exact) mass is 466 g/mol. The number of rotatable bonds is 6. The first kappa shape index (κ1) is 23.7. The molecule has 0 radical (unpaired) electrons. The lowest BCUT2D eigenvalue weighted by atomic mass is 10.2. The van der Waals surface area contributed by atoms with E-state index in [2.05, 4.69) is 32.1 Å². The van der Waals surface area contributed by atoms with Crippen molar-refractivity contribution < 1.29 is 9.53 Å². The Hall–Kier alpha value is -4.48. The lowest BCUT2D eigenvalue weighted by Crippen LogP contribution is -2.24. The van der Waals surface area contributed by atoms with Gasteiger partial charge in [-0.15, -0.1) is 0 Å². The van der Waals surface area contributed by atoms with E-state index < -0.39 is 0 Å². The molecule has 0 aliphatic heterocycles. The quantitative estimate of drug-likeness (QED) is 0.422. The van der Waals surface area contributed by atoms with Crippen LogP contribution < -0.4 is 15.0 Å². The smallest absolute Gasteiger partial charge is 0.302 e. The summed E-state index contributed by atoms with van der Waals surface area (Å²) in [6, 6.07) is 16.9. The van der Waals surface area contributed by atoms with E-state index in [0.29, 0.717) is 29.5 Å². The molecule has 0 aliphatic carbocycles. The summed E-state index contributed by atoms with van der Waals surface area (Å²) < 4.78 is 5.85. The summed E-state index contributed by atoms with van der Waals surface area (Å²) in [5.41, 5.74) is 3.24. The maximum Gasteiger partial charge on any atom is 0.302 e. The molecular formula is C27H26N6O2. The highest BCUT2D eigenvalue weighted by molar-refractivity contribution is 6.06. The van der Waals surface area contributed by atoms with Crippen molar-refractivity contribution >= 4 is 34.0 Å². The molecule has 0 fully saturated rings. The maximum absolute atomic E-state index is 12.5. The molecule has 2 heterocycles. The minimum atomic E-state index is -0.281. The van der Waals surface area contributed by atoms with E-state index in [1.807, 2.05) is 80.5 Å². The zero-order valence-electron chi connectivity index (χ0n) is 20.1. The summed E-state index contributed by atoms with van der Waals surface area (Å²) in [6.07, 6.45) is 3.20. The number of nitrogens with one attached hydrogen (secondary N) is 1. The van der Waals surface area contributed by atoms with Crippen LogP contribution in [0.4, 0.5) is 17.2 Å². The summed E-state index contributed by atoms with van der Waals surface area (Å²) in [5, 5.41) is 4.12. The zero-order chi connectivity index (χ0) is 24.8. The number of nitrogens with zero attached hydrogens (tertiary/aromatic N) is 5. The minimum absolute atomic E-state index is 0.281. The molecule has 0 spiro atoms. The predicted octanol–water partition coefficient (Wildman–Crippen LogP) is 4.40. The lowest BCUT2D eigenvalue weighted by Gasteiger charge is -2.16. The van der Waals surface area contributed by atoms with Crippen LogP contribution >= 0.6 is 0 Å². The van der Waals surface area contributed by atoms with Gasteiger partial charge in [-0.2, -0.15) is 0 Å². The first-order valence-electron chi connectivity index (χ1n) is 11.0. The van der Waals surface area contributed by atoms with E-state index in [-0.39, 0.29) is 5.91 Å². The van der Waals surface area contributed by atoms with Crippen LogP contribution in [0, 0.1) is 18.8 Å². The van der Waals surface area contributed by atoms with Crippen molar-refractivity contribution in [1.82, 2.24) is 19.9 Å². The fourth-order valence-electron chi connectivity index (χ4n) is 3.22. The summed E-state index contributed by atoms with van der Waals surface area (Å²) in [4.78, 5) is 28.9. The summed E-state index contributed by atoms with van der Waals surface area (Å²) in [6.45, 7) is 2.45. The molecular weight excluding hydrogens is 440 g/mol. The molecule has 0 atom stereocenters. The fraction of sp³-hybridized carbons (Fsp3) is 0.185. The Balaban J connectivity index is 1.52. The average molecular weight is 467 g/mol. The van der Waals surface area contributed by atoms with E-state index in [9.17, 15) is 4.79 Å². The van der Waals surface area contributed by atoms with E-state index in [4.69, 9.17) is 4.74 Å². The molecule has 0 aliphatic rings. The Morgan fingerprint density at radius 1 is 0.971 bits per heavy atom. The van der Waals surface area contributed by atoms with Crippen molar-refractivity contribution in [3.63, 3.8) is 0 Å². The third kappa shape index (κ3) is 6.10. The van der Waals surface area contributed by atoms with E-state index in [0.717, 1.165) is 22.3 Å². The fourth-order valence-corrected chi connectivity index (χ4v) is 3.22. The molecule has 1 N–H and O–H groups in total. The SMILES string of the molecule is Cc1ccc(Oc2ccc(Nc3ncnc4ccc(N(C)C(=O)C#CCN(C)C)cc34)cc2)cn1. The van der Waals surface area contributed by atoms with Crippen molar-refractivity contribution in [2.45, 2.75) is 6.92 Å². The van der Waals surface area contributed by atoms with Gasteiger partial charge in [-0.25, -0.2) is 9.97 Å². The van der Waals surface area contributed by atoms with Crippen molar-refractivity contribution in [3.8, 4) is 23.3 Å². The van der Waals surface area contributed by atoms with Gasteiger partial charge in [-0.05, 0) is 81.5 Å². The van der Waals surface area contributed by atoms with E-state index in [1.165, 1.54) is 11.2 Å². The van der Waals surface area contributed by atoms with Crippen LogP contribution in [0.15, 0.2) is 67.1 Å². The molecule has 8 heteroatoms. The number of hydrogen-bond acceptors (Lipinski definition) is 7. The molecule has 176 valence electrons. The number of benzene rings is 2. The van der Waals surface area contributed by atoms with Gasteiger partial charge in [0.1, 0.15) is 23.6 Å². The number of aryl methyl sites for hydroxylation is 1. The van der Waals surface area contributed by atoms with Gasteiger partial charge in [0.05, 0.1) is 18.3 Å². The highest BCUT2D eigenvalue weighted by Crippen LogP contribution is 2.28. The number of pyridine rings is 1. The molecule has 1 amide bonds. The van der Waals surface area contributed by atoms with E-state index >= 15 is 0 Å². The van der Waals surface area contributed by atoms with Gasteiger partial charge < -0.3 is 15.0 Å². The number of anilines is 3. The summed E-state index contributed by atoms with van der Waals surface area (Å²) in [7, 11) is 5.51. The Labute approximate surface area is 204 Å². The Morgan fingerprint density at radius 3 is 2.46 bits per heavy atom. The van der Waals surface area contributed by atoms with Crippen LogP contribution in [-0.2, 0) is 4.79 Å². The van der Waals surface area contributed by atoms with Gasteiger partial charge in [0.25, 0.3) is 0 Å². The van der Waals surface area contributed by atoms with Crippen molar-refractivity contribution in [2.24, 2.45) is 0 Å². The first-order chi connectivity index (χ1) is 16.9. The van der Waals surface area contributed by atoms with Crippen LogP contribution in [0.5, 0.6) is 11.5 Å². The molecule has 2 aromatic carbocycles. The zero-order valence-corrected chi connectivity index (χ0v) is 20.1. The number of ether oxygens (including phenoxy) is 1. The molecule has 0 saturated heterocycles. The normalized spacial score (nSPS) is 10.5. The molecule has 0 bridgehead atoms. The molecule has 2 aromatic heterocycles. The number of carbonyl (C=O) groups is 1. The van der Waals surface area contributed by atoms with Crippen LogP contribution in [0.25, 0.3) is 10.9 Å². The Morgan fingerprint density at radius 2 is 1.74 bits per heavy atom. The topological polar surface area (TPSA) is 83.5 Å². The first-order valence-corrected chi connectivity index (χ1v) is 11.0.